The van der Waals surface area contributed by atoms with Crippen LogP contribution < -0.4 is 4.90 Å². The van der Waals surface area contributed by atoms with Crippen LogP contribution in [0.2, 0.25) is 0 Å². The Morgan fingerprint density at radius 3 is 2.38 bits per heavy atom. The first-order valence-electron chi connectivity index (χ1n) is 13.7. The zero-order valence-corrected chi connectivity index (χ0v) is 24.4. The Bertz CT molecular complexity index is 1610. The van der Waals surface area contributed by atoms with Crippen molar-refractivity contribution < 1.29 is 9.90 Å². The highest BCUT2D eigenvalue weighted by atomic mass is 32.1. The van der Waals surface area contributed by atoms with Gasteiger partial charge in [-0.3, -0.25) is 14.4 Å². The highest BCUT2D eigenvalue weighted by molar-refractivity contribution is 7.15. The molecule has 2 aromatic heterocycles. The van der Waals surface area contributed by atoms with Crippen molar-refractivity contribution in [2.75, 3.05) is 38.1 Å². The number of aliphatic imine (C=N–C) groups is 1. The third-order valence-electron chi connectivity index (χ3n) is 8.26. The molecular formula is C31H34N6O2S. The fraction of sp³-hybridized carbons (Fsp3) is 0.355. The number of aliphatic carboxylic acids is 1. The molecule has 1 saturated heterocycles. The number of fused-ring (bicyclic) bond motifs is 3. The minimum Gasteiger partial charge on any atom is -0.481 e. The van der Waals surface area contributed by atoms with Crippen molar-refractivity contribution in [1.29, 1.82) is 0 Å². The molecule has 40 heavy (non-hydrogen) atoms. The van der Waals surface area contributed by atoms with Crippen LogP contribution in [0.15, 0.2) is 53.5 Å². The molecule has 2 aromatic carbocycles. The zero-order chi connectivity index (χ0) is 28.1. The van der Waals surface area contributed by atoms with E-state index in [1.165, 1.54) is 16.1 Å². The molecule has 1 N–H and O–H groups in total. The lowest BCUT2D eigenvalue weighted by Gasteiger charge is -2.34. The monoisotopic (exact) mass is 554 g/mol. The first-order chi connectivity index (χ1) is 19.2. The molecule has 0 saturated carbocycles. The van der Waals surface area contributed by atoms with Crippen molar-refractivity contribution in [2.24, 2.45) is 10.9 Å². The van der Waals surface area contributed by atoms with Gasteiger partial charge in [-0.15, -0.1) is 21.5 Å². The molecule has 2 atom stereocenters. The molecule has 0 aliphatic carbocycles. The Morgan fingerprint density at radius 2 is 1.68 bits per heavy atom. The highest BCUT2D eigenvalue weighted by Crippen LogP contribution is 2.41. The van der Waals surface area contributed by atoms with E-state index in [1.807, 2.05) is 11.5 Å². The number of likely N-dealkylation sites (N-methyl/N-ethyl adjacent to an activating group) is 1. The van der Waals surface area contributed by atoms with Gasteiger partial charge in [0.15, 0.2) is 5.82 Å². The summed E-state index contributed by atoms with van der Waals surface area (Å²) in [6.07, 6.45) is 0. The van der Waals surface area contributed by atoms with Gasteiger partial charge in [-0.1, -0.05) is 36.4 Å². The molecule has 8 nitrogen and oxygen atoms in total. The number of benzene rings is 2. The third-order valence-corrected chi connectivity index (χ3v) is 9.45. The third kappa shape index (κ3) is 4.53. The molecule has 0 spiro atoms. The SMILES string of the molecule is Cc1sc2c(c1C)C(c1ccc(-c3cccc(N4CCN(C)CC4)c3)cc1)=N[C@@H](C(C)C(=O)O)c1nnc(C)n1-2. The van der Waals surface area contributed by atoms with Crippen molar-refractivity contribution >= 4 is 28.7 Å². The summed E-state index contributed by atoms with van der Waals surface area (Å²) in [4.78, 5) is 23.3. The Labute approximate surface area is 238 Å². The van der Waals surface area contributed by atoms with Gasteiger partial charge in [-0.25, -0.2) is 0 Å². The molecule has 4 aromatic rings. The number of hydrogen-bond acceptors (Lipinski definition) is 7. The van der Waals surface area contributed by atoms with Crippen LogP contribution in [0.1, 0.15) is 46.2 Å². The molecule has 206 valence electrons. The standard InChI is InChI=1S/C31H34N6O2S/c1-18-20(3)40-30-26(18)28(32-27(19(2)31(38)39)29-34-33-21(4)37(29)30)23-11-9-22(10-12-23)24-7-6-8-25(17-24)36-15-13-35(5)14-16-36/h6-12,17,19,27H,13-16H2,1-5H3,(H,38,39)/t19?,27-/m0/s1. The van der Waals surface area contributed by atoms with Gasteiger partial charge in [0.05, 0.1) is 11.6 Å². The number of thiophene rings is 1. The van der Waals surface area contributed by atoms with Crippen LogP contribution >= 0.6 is 11.3 Å². The molecule has 2 aliphatic rings. The normalized spacial score (nSPS) is 18.1. The van der Waals surface area contributed by atoms with E-state index in [2.05, 4.69) is 89.4 Å². The van der Waals surface area contributed by atoms with Crippen molar-refractivity contribution in [3.8, 4) is 16.1 Å². The number of carbonyl (C=O) groups is 1. The second-order valence-electron chi connectivity index (χ2n) is 10.9. The van der Waals surface area contributed by atoms with Gasteiger partial charge in [-0.05, 0) is 63.6 Å². The first kappa shape index (κ1) is 26.4. The molecule has 0 amide bonds. The lowest BCUT2D eigenvalue weighted by molar-refractivity contribution is -0.141. The number of carboxylic acid groups (broad SMARTS) is 1. The lowest BCUT2D eigenvalue weighted by atomic mass is 9.96. The van der Waals surface area contributed by atoms with Crippen LogP contribution in [-0.2, 0) is 4.79 Å². The highest BCUT2D eigenvalue weighted by Gasteiger charge is 2.36. The minimum atomic E-state index is -0.908. The number of anilines is 1. The maximum absolute atomic E-state index is 12.1. The van der Waals surface area contributed by atoms with Crippen LogP contribution in [0.25, 0.3) is 16.1 Å². The van der Waals surface area contributed by atoms with Crippen LogP contribution in [0.4, 0.5) is 5.69 Å². The zero-order valence-electron chi connectivity index (χ0n) is 23.5. The van der Waals surface area contributed by atoms with E-state index in [4.69, 9.17) is 4.99 Å². The van der Waals surface area contributed by atoms with E-state index in [9.17, 15) is 9.90 Å². The number of piperazine rings is 1. The number of rotatable bonds is 5. The number of carboxylic acids is 1. The Balaban J connectivity index is 1.41. The largest absolute Gasteiger partial charge is 0.481 e. The number of aromatic nitrogens is 3. The molecule has 4 heterocycles. The molecule has 9 heteroatoms. The number of nitrogens with zero attached hydrogens (tertiary/aromatic N) is 6. The van der Waals surface area contributed by atoms with Crippen molar-refractivity contribution in [2.45, 2.75) is 33.7 Å². The Hall–Kier alpha value is -3.82. The molecule has 1 fully saturated rings. The van der Waals surface area contributed by atoms with Crippen LogP contribution in [0, 0.1) is 26.7 Å². The van der Waals surface area contributed by atoms with E-state index < -0.39 is 17.9 Å². The van der Waals surface area contributed by atoms with E-state index in [1.54, 1.807) is 18.3 Å². The van der Waals surface area contributed by atoms with Gasteiger partial charge in [-0.2, -0.15) is 0 Å². The van der Waals surface area contributed by atoms with Gasteiger partial charge in [0.2, 0.25) is 0 Å². The summed E-state index contributed by atoms with van der Waals surface area (Å²) < 4.78 is 2.00. The smallest absolute Gasteiger partial charge is 0.308 e. The van der Waals surface area contributed by atoms with E-state index >= 15 is 0 Å². The summed E-state index contributed by atoms with van der Waals surface area (Å²) in [5, 5.41) is 19.7. The Kier molecular flexibility index (Phi) is 6.80. The van der Waals surface area contributed by atoms with E-state index in [0.717, 1.165) is 65.0 Å². The fourth-order valence-electron chi connectivity index (χ4n) is 5.58. The molecule has 0 radical (unpaired) electrons. The predicted octanol–water partition coefficient (Wildman–Crippen LogP) is 5.29. The maximum Gasteiger partial charge on any atom is 0.308 e. The van der Waals surface area contributed by atoms with Crippen LogP contribution in [0.5, 0.6) is 0 Å². The van der Waals surface area contributed by atoms with Crippen LogP contribution in [0.3, 0.4) is 0 Å². The van der Waals surface area contributed by atoms with Gasteiger partial charge in [0, 0.05) is 47.9 Å². The summed E-state index contributed by atoms with van der Waals surface area (Å²) in [6.45, 7) is 12.0. The van der Waals surface area contributed by atoms with Gasteiger partial charge in [0.25, 0.3) is 0 Å². The predicted molar refractivity (Wildman–Crippen MR) is 160 cm³/mol. The fourth-order valence-corrected chi connectivity index (χ4v) is 6.80. The van der Waals surface area contributed by atoms with E-state index in [0.29, 0.717) is 5.82 Å². The summed E-state index contributed by atoms with van der Waals surface area (Å²) in [6, 6.07) is 16.6. The van der Waals surface area contributed by atoms with Crippen molar-refractivity contribution in [3.63, 3.8) is 0 Å². The first-order valence-corrected chi connectivity index (χ1v) is 14.5. The van der Waals surface area contributed by atoms with Gasteiger partial charge >= 0.3 is 5.97 Å². The summed E-state index contributed by atoms with van der Waals surface area (Å²) >= 11 is 1.67. The minimum absolute atomic E-state index is 0.572. The quantitative estimate of drug-likeness (QED) is 0.361. The van der Waals surface area contributed by atoms with E-state index in [-0.39, 0.29) is 0 Å². The Morgan fingerprint density at radius 1 is 0.975 bits per heavy atom. The summed E-state index contributed by atoms with van der Waals surface area (Å²) in [5.41, 5.74) is 7.49. The lowest BCUT2D eigenvalue weighted by Crippen LogP contribution is -2.44. The second-order valence-corrected chi connectivity index (χ2v) is 12.1. The molecule has 0 bridgehead atoms. The summed E-state index contributed by atoms with van der Waals surface area (Å²) in [5.74, 6) is -0.368. The number of hydrogen-bond donors (Lipinski definition) is 1. The second kappa shape index (κ2) is 10.3. The molecule has 2 aliphatic heterocycles. The molecular weight excluding hydrogens is 520 g/mol. The summed E-state index contributed by atoms with van der Waals surface area (Å²) in [7, 11) is 2.17. The van der Waals surface area contributed by atoms with Gasteiger partial charge in [0.1, 0.15) is 16.9 Å². The molecule has 1 unspecified atom stereocenters. The van der Waals surface area contributed by atoms with Gasteiger partial charge < -0.3 is 14.9 Å². The maximum atomic E-state index is 12.1. The average molecular weight is 555 g/mol. The van der Waals surface area contributed by atoms with Crippen LogP contribution in [-0.4, -0.2) is 69.7 Å². The average Bonchev–Trinajstić information content (AvgIpc) is 3.43. The number of aryl methyl sites for hydroxylation is 2. The van der Waals surface area contributed by atoms with Crippen molar-refractivity contribution in [3.05, 3.63) is 81.7 Å². The van der Waals surface area contributed by atoms with Crippen molar-refractivity contribution in [1.82, 2.24) is 19.7 Å². The topological polar surface area (TPSA) is 86.8 Å². The molecule has 6 rings (SSSR count).